The molecule has 8 nitrogen and oxygen atoms in total. The Balaban J connectivity index is 0.000000403. The van der Waals surface area contributed by atoms with Crippen molar-refractivity contribution in [3.8, 4) is 0 Å². The minimum Gasteiger partial charge on any atom is -0.735 e. The van der Waals surface area contributed by atoms with Crippen LogP contribution in [-0.4, -0.2) is 38.0 Å². The number of nitrogens with one attached hydrogen (secondary N) is 2. The molecule has 0 aliphatic heterocycles. The molecule has 2 N–H and O–H groups in total. The maximum Gasteiger partial charge on any atom is 2.00 e. The molecule has 0 unspecified atom stereocenters. The van der Waals surface area contributed by atoms with Crippen molar-refractivity contribution in [3.05, 3.63) is 0 Å². The third kappa shape index (κ3) is 13.2. The van der Waals surface area contributed by atoms with Crippen LogP contribution in [0.3, 0.4) is 0 Å². The fraction of sp³-hybridized carbons (Fsp3) is 1.00. The van der Waals surface area contributed by atoms with Crippen LogP contribution in [0.25, 0.3) is 0 Å². The largest absolute Gasteiger partial charge is 2.00 e. The SMILES string of the molecule is O=S(=O)([O-])NC1CCCCC1.O=S(=O)([O-])NC1CCCCC1.[Mn+2]. The molecule has 0 aromatic carbocycles. The zero-order valence-corrected chi connectivity index (χ0v) is 15.7. The first-order valence-corrected chi connectivity index (χ1v) is 10.4. The predicted molar refractivity (Wildman–Crippen MR) is 79.4 cm³/mol. The topological polar surface area (TPSA) is 138 Å². The average Bonchev–Trinajstić information content (AvgIpc) is 2.38. The summed E-state index contributed by atoms with van der Waals surface area (Å²) >= 11 is 0. The molecule has 0 saturated heterocycles. The average molecular weight is 411 g/mol. The van der Waals surface area contributed by atoms with E-state index < -0.39 is 20.6 Å². The second-order valence-corrected chi connectivity index (χ2v) is 8.10. The zero-order chi connectivity index (χ0) is 16.6. The summed E-state index contributed by atoms with van der Waals surface area (Å²) in [6, 6.07) is -0.211. The second kappa shape index (κ2) is 11.0. The van der Waals surface area contributed by atoms with Gasteiger partial charge in [0.2, 0.25) is 0 Å². The number of hydrogen-bond donors (Lipinski definition) is 2. The van der Waals surface area contributed by atoms with Crippen LogP contribution >= 0.6 is 0 Å². The van der Waals surface area contributed by atoms with Crippen LogP contribution in [0.15, 0.2) is 0 Å². The molecule has 0 bridgehead atoms. The van der Waals surface area contributed by atoms with Gasteiger partial charge >= 0.3 is 17.1 Å². The minimum atomic E-state index is -4.22. The fourth-order valence-corrected chi connectivity index (χ4v) is 4.14. The molecule has 23 heavy (non-hydrogen) atoms. The Morgan fingerprint density at radius 3 is 1.09 bits per heavy atom. The van der Waals surface area contributed by atoms with Crippen molar-refractivity contribution < 1.29 is 43.0 Å². The van der Waals surface area contributed by atoms with E-state index in [9.17, 15) is 25.9 Å². The summed E-state index contributed by atoms with van der Waals surface area (Å²) in [5.41, 5.74) is 0. The summed E-state index contributed by atoms with van der Waals surface area (Å²) in [5.74, 6) is 0. The van der Waals surface area contributed by atoms with E-state index >= 15 is 0 Å². The molecule has 0 heterocycles. The summed E-state index contributed by atoms with van der Waals surface area (Å²) in [5, 5.41) is 0. The van der Waals surface area contributed by atoms with Crippen molar-refractivity contribution in [2.24, 2.45) is 0 Å². The molecule has 0 spiro atoms. The van der Waals surface area contributed by atoms with Gasteiger partial charge in [-0.25, -0.2) is 26.3 Å². The van der Waals surface area contributed by atoms with Crippen molar-refractivity contribution in [2.45, 2.75) is 76.3 Å². The molecular weight excluding hydrogens is 387 g/mol. The van der Waals surface area contributed by atoms with Crippen molar-refractivity contribution in [1.82, 2.24) is 9.44 Å². The number of hydrogen-bond acceptors (Lipinski definition) is 6. The van der Waals surface area contributed by atoms with Crippen molar-refractivity contribution in [2.75, 3.05) is 0 Å². The Hall–Kier alpha value is 0.259. The first kappa shape index (κ1) is 23.3. The van der Waals surface area contributed by atoms with Crippen molar-refractivity contribution in [3.63, 3.8) is 0 Å². The van der Waals surface area contributed by atoms with Crippen LogP contribution in [-0.2, 0) is 37.7 Å². The van der Waals surface area contributed by atoms with Gasteiger partial charge in [0.15, 0.2) is 20.6 Å². The molecule has 11 heteroatoms. The van der Waals surface area contributed by atoms with Gasteiger partial charge in [-0.1, -0.05) is 38.5 Å². The summed E-state index contributed by atoms with van der Waals surface area (Å²) in [4.78, 5) is 0. The van der Waals surface area contributed by atoms with Crippen LogP contribution in [0.5, 0.6) is 0 Å². The Labute approximate surface area is 149 Å². The predicted octanol–water partition coefficient (Wildman–Crippen LogP) is 0.735. The first-order chi connectivity index (χ1) is 10.2. The van der Waals surface area contributed by atoms with Crippen LogP contribution in [0.4, 0.5) is 0 Å². The molecule has 2 saturated carbocycles. The smallest absolute Gasteiger partial charge is 0.735 e. The normalized spacial score (nSPS) is 21.0. The Kier molecular flexibility index (Phi) is 11.1. The van der Waals surface area contributed by atoms with Gasteiger partial charge in [-0.05, 0) is 25.7 Å². The van der Waals surface area contributed by atoms with Gasteiger partial charge in [0.1, 0.15) is 0 Å². The van der Waals surface area contributed by atoms with Gasteiger partial charge in [0.05, 0.1) is 0 Å². The molecule has 0 aromatic rings. The van der Waals surface area contributed by atoms with Gasteiger partial charge in [-0.3, -0.25) is 0 Å². The van der Waals surface area contributed by atoms with Gasteiger partial charge in [0.25, 0.3) is 0 Å². The van der Waals surface area contributed by atoms with E-state index in [1.165, 1.54) is 0 Å². The van der Waals surface area contributed by atoms with Gasteiger partial charge in [-0.15, -0.1) is 0 Å². The van der Waals surface area contributed by atoms with Crippen LogP contribution in [0.1, 0.15) is 64.2 Å². The summed E-state index contributed by atoms with van der Waals surface area (Å²) in [6.07, 6.45) is 9.61. The Morgan fingerprint density at radius 2 is 0.870 bits per heavy atom. The molecule has 1 radical (unpaired) electrons. The van der Waals surface area contributed by atoms with Gasteiger partial charge in [-0.2, -0.15) is 0 Å². The summed E-state index contributed by atoms with van der Waals surface area (Å²) in [6.45, 7) is 0. The van der Waals surface area contributed by atoms with E-state index in [1.54, 1.807) is 0 Å². The third-order valence-electron chi connectivity index (χ3n) is 3.83. The van der Waals surface area contributed by atoms with E-state index in [0.717, 1.165) is 64.2 Å². The Bertz CT molecular complexity index is 466. The maximum atomic E-state index is 10.2. The molecule has 0 atom stereocenters. The Morgan fingerprint density at radius 1 is 0.609 bits per heavy atom. The van der Waals surface area contributed by atoms with Crippen molar-refractivity contribution in [1.29, 1.82) is 0 Å². The molecule has 0 amide bonds. The fourth-order valence-electron chi connectivity index (χ4n) is 2.85. The standard InChI is InChI=1S/2C6H13NO3S.Mn/c2*8-11(9,10)7-6-4-2-1-3-5-6;/h2*6-7H,1-5H2,(H,8,9,10);/q;;+2/p-2. The zero-order valence-electron chi connectivity index (χ0n) is 12.9. The quantitative estimate of drug-likeness (QED) is 0.517. The molecule has 2 rings (SSSR count). The maximum absolute atomic E-state index is 10.2. The first-order valence-electron chi connectivity index (χ1n) is 7.62. The number of rotatable bonds is 4. The summed E-state index contributed by atoms with van der Waals surface area (Å²) in [7, 11) is -8.45. The molecule has 137 valence electrons. The molecule has 0 aromatic heterocycles. The van der Waals surface area contributed by atoms with Gasteiger partial charge < -0.3 is 9.11 Å². The van der Waals surface area contributed by atoms with Crippen molar-refractivity contribution >= 4 is 20.6 Å². The molecule has 2 aliphatic rings. The molecule has 2 aliphatic carbocycles. The van der Waals surface area contributed by atoms with Crippen LogP contribution in [0, 0.1) is 0 Å². The molecule has 2 fully saturated rings. The summed E-state index contributed by atoms with van der Waals surface area (Å²) < 4.78 is 65.5. The van der Waals surface area contributed by atoms with E-state index in [2.05, 4.69) is 9.44 Å². The minimum absolute atomic E-state index is 0. The van der Waals surface area contributed by atoms with E-state index in [-0.39, 0.29) is 29.2 Å². The monoisotopic (exact) mass is 411 g/mol. The third-order valence-corrected chi connectivity index (χ3v) is 5.08. The van der Waals surface area contributed by atoms with Crippen LogP contribution in [0.2, 0.25) is 0 Å². The van der Waals surface area contributed by atoms with E-state index in [1.807, 2.05) is 0 Å². The van der Waals surface area contributed by atoms with Crippen LogP contribution < -0.4 is 9.44 Å². The van der Waals surface area contributed by atoms with Gasteiger partial charge in [0, 0.05) is 12.1 Å². The van der Waals surface area contributed by atoms with E-state index in [4.69, 9.17) is 0 Å². The second-order valence-electron chi connectivity index (χ2n) is 5.81. The molecular formula is C12H24MnN2O6S2. The van der Waals surface area contributed by atoms with E-state index in [0.29, 0.717) is 0 Å².